The molecule has 1 aliphatic heterocycles. The van der Waals surface area contributed by atoms with Gasteiger partial charge in [-0.05, 0) is 52.3 Å². The minimum absolute atomic E-state index is 0.192. The Balaban J connectivity index is 1.54. The highest BCUT2D eigenvalue weighted by atomic mass is 16.5. The Bertz CT molecular complexity index is 865. The van der Waals surface area contributed by atoms with Crippen LogP contribution in [0.3, 0.4) is 0 Å². The molecule has 4 rings (SSSR count). The van der Waals surface area contributed by atoms with Crippen LogP contribution in [-0.2, 0) is 4.74 Å². The van der Waals surface area contributed by atoms with Crippen LogP contribution < -0.4 is 10.6 Å². The van der Waals surface area contributed by atoms with Crippen LogP contribution in [0.15, 0.2) is 12.3 Å². The Morgan fingerprint density at radius 1 is 1.11 bits per heavy atom. The molecule has 0 unspecified atom stereocenters. The van der Waals surface area contributed by atoms with Gasteiger partial charge in [0.15, 0.2) is 5.82 Å². The molecule has 1 aliphatic carbocycles. The number of fused-ring (bicyclic) bond motifs is 1. The number of rotatable bonds is 5. The third kappa shape index (κ3) is 4.16. The van der Waals surface area contributed by atoms with Crippen LogP contribution in [0.1, 0.15) is 37.8 Å². The second kappa shape index (κ2) is 8.25. The van der Waals surface area contributed by atoms with E-state index in [-0.39, 0.29) is 6.04 Å². The second-order valence-electron chi connectivity index (χ2n) is 7.92. The second-order valence-corrected chi connectivity index (χ2v) is 7.92. The van der Waals surface area contributed by atoms with Crippen molar-refractivity contribution in [2.45, 2.75) is 50.2 Å². The summed E-state index contributed by atoms with van der Waals surface area (Å²) in [6.07, 6.45) is 7.28. The molecular formula is C20H27N7O. The quantitative estimate of drug-likeness (QED) is 0.814. The Labute approximate surface area is 165 Å². The van der Waals surface area contributed by atoms with Crippen molar-refractivity contribution < 1.29 is 4.74 Å². The standard InChI is InChI=1S/C20H27N7O/c1-27(2)17-5-3-14(4-6-17)25-20-22-11-13-9-16(10-21)24-19(18(13)26-20)23-15-7-8-28-12-15/h9,11,14-15,17H,3-8,12H2,1-2H3,(H,23,24)(H,22,25,26)/t14?,15-,17?/m1/s1. The first-order valence-corrected chi connectivity index (χ1v) is 9.97. The third-order valence-corrected chi connectivity index (χ3v) is 5.71. The van der Waals surface area contributed by atoms with Crippen molar-refractivity contribution >= 4 is 22.7 Å². The smallest absolute Gasteiger partial charge is 0.223 e. The normalized spacial score (nSPS) is 25.0. The lowest BCUT2D eigenvalue weighted by Gasteiger charge is -2.32. The number of ether oxygens (including phenoxy) is 1. The predicted octanol–water partition coefficient (Wildman–Crippen LogP) is 2.38. The maximum absolute atomic E-state index is 9.29. The lowest BCUT2D eigenvalue weighted by atomic mass is 9.91. The zero-order valence-corrected chi connectivity index (χ0v) is 16.5. The van der Waals surface area contributed by atoms with Crippen molar-refractivity contribution in [2.75, 3.05) is 37.9 Å². The fourth-order valence-corrected chi connectivity index (χ4v) is 4.03. The van der Waals surface area contributed by atoms with Crippen LogP contribution in [0.4, 0.5) is 11.8 Å². The molecule has 2 fully saturated rings. The minimum atomic E-state index is 0.192. The number of nitrogens with one attached hydrogen (secondary N) is 2. The van der Waals surface area contributed by atoms with Crippen molar-refractivity contribution in [3.05, 3.63) is 18.0 Å². The molecule has 0 radical (unpaired) electrons. The Morgan fingerprint density at radius 3 is 2.61 bits per heavy atom. The molecule has 8 heteroatoms. The summed E-state index contributed by atoms with van der Waals surface area (Å²) in [5, 5.41) is 17.0. The van der Waals surface area contributed by atoms with Crippen LogP contribution in [0.2, 0.25) is 0 Å². The van der Waals surface area contributed by atoms with Gasteiger partial charge in [0.1, 0.15) is 17.3 Å². The van der Waals surface area contributed by atoms with Gasteiger partial charge in [-0.2, -0.15) is 5.26 Å². The van der Waals surface area contributed by atoms with E-state index in [2.05, 4.69) is 45.7 Å². The van der Waals surface area contributed by atoms with Gasteiger partial charge in [0.25, 0.3) is 0 Å². The summed E-state index contributed by atoms with van der Waals surface area (Å²) < 4.78 is 5.44. The first-order valence-electron chi connectivity index (χ1n) is 9.97. The van der Waals surface area contributed by atoms with Gasteiger partial charge in [-0.25, -0.2) is 15.0 Å². The summed E-state index contributed by atoms with van der Waals surface area (Å²) in [6.45, 7) is 1.39. The summed E-state index contributed by atoms with van der Waals surface area (Å²) in [5.74, 6) is 1.25. The van der Waals surface area contributed by atoms with Crippen LogP contribution in [-0.4, -0.2) is 65.3 Å². The molecule has 2 aromatic rings. The van der Waals surface area contributed by atoms with Gasteiger partial charge in [0.2, 0.25) is 5.95 Å². The number of anilines is 2. The number of nitriles is 1. The fraction of sp³-hybridized carbons (Fsp3) is 0.600. The molecule has 0 spiro atoms. The van der Waals surface area contributed by atoms with E-state index >= 15 is 0 Å². The van der Waals surface area contributed by atoms with Crippen LogP contribution in [0.5, 0.6) is 0 Å². The molecule has 0 aromatic carbocycles. The van der Waals surface area contributed by atoms with Crippen molar-refractivity contribution in [2.24, 2.45) is 0 Å². The maximum atomic E-state index is 9.29. The van der Waals surface area contributed by atoms with Gasteiger partial charge in [0.05, 0.1) is 12.6 Å². The van der Waals surface area contributed by atoms with E-state index in [1.807, 2.05) is 0 Å². The van der Waals surface area contributed by atoms with E-state index in [1.54, 1.807) is 12.3 Å². The van der Waals surface area contributed by atoms with Gasteiger partial charge in [-0.15, -0.1) is 0 Å². The van der Waals surface area contributed by atoms with E-state index < -0.39 is 0 Å². The SMILES string of the molecule is CN(C)C1CCC(Nc2ncc3cc(C#N)nc(N[C@@H]4CCOC4)c3n2)CC1. The average molecular weight is 381 g/mol. The van der Waals surface area contributed by atoms with E-state index in [4.69, 9.17) is 9.72 Å². The third-order valence-electron chi connectivity index (χ3n) is 5.71. The number of pyridine rings is 1. The van der Waals surface area contributed by atoms with Crippen LogP contribution >= 0.6 is 0 Å². The van der Waals surface area contributed by atoms with Gasteiger partial charge >= 0.3 is 0 Å². The first kappa shape index (κ1) is 18.8. The fourth-order valence-electron chi connectivity index (χ4n) is 4.03. The monoisotopic (exact) mass is 381 g/mol. The van der Waals surface area contributed by atoms with E-state index in [0.29, 0.717) is 36.2 Å². The zero-order chi connectivity index (χ0) is 19.5. The minimum Gasteiger partial charge on any atom is -0.379 e. The molecule has 0 amide bonds. The summed E-state index contributed by atoms with van der Waals surface area (Å²) in [4.78, 5) is 16.0. The highest BCUT2D eigenvalue weighted by molar-refractivity contribution is 5.89. The molecule has 1 saturated carbocycles. The largest absolute Gasteiger partial charge is 0.379 e. The lowest BCUT2D eigenvalue weighted by Crippen LogP contribution is -2.36. The maximum Gasteiger partial charge on any atom is 0.223 e. The average Bonchev–Trinajstić information content (AvgIpc) is 3.21. The number of hydrogen-bond donors (Lipinski definition) is 2. The molecule has 2 N–H and O–H groups in total. The highest BCUT2D eigenvalue weighted by Crippen LogP contribution is 2.26. The first-order chi connectivity index (χ1) is 13.6. The summed E-state index contributed by atoms with van der Waals surface area (Å²) in [5.41, 5.74) is 1.10. The van der Waals surface area contributed by atoms with Crippen molar-refractivity contribution in [3.8, 4) is 6.07 Å². The summed E-state index contributed by atoms with van der Waals surface area (Å²) in [6, 6.07) is 5.10. The molecular weight excluding hydrogens is 354 g/mol. The Morgan fingerprint density at radius 2 is 1.93 bits per heavy atom. The molecule has 8 nitrogen and oxygen atoms in total. The van der Waals surface area contributed by atoms with E-state index in [1.165, 1.54) is 12.8 Å². The van der Waals surface area contributed by atoms with Gasteiger partial charge in [-0.3, -0.25) is 0 Å². The van der Waals surface area contributed by atoms with Crippen LogP contribution in [0, 0.1) is 11.3 Å². The number of aromatic nitrogens is 3. The number of hydrogen-bond acceptors (Lipinski definition) is 8. The van der Waals surface area contributed by atoms with Crippen molar-refractivity contribution in [1.29, 1.82) is 5.26 Å². The molecule has 1 atom stereocenters. The molecule has 3 heterocycles. The Hall–Kier alpha value is -2.50. The molecule has 1 saturated heterocycles. The van der Waals surface area contributed by atoms with Gasteiger partial charge in [0, 0.05) is 30.3 Å². The van der Waals surface area contributed by atoms with Gasteiger partial charge < -0.3 is 20.3 Å². The number of nitrogens with zero attached hydrogens (tertiary/aromatic N) is 5. The van der Waals surface area contributed by atoms with Gasteiger partial charge in [-0.1, -0.05) is 0 Å². The highest BCUT2D eigenvalue weighted by Gasteiger charge is 2.23. The Kier molecular flexibility index (Phi) is 5.55. The lowest BCUT2D eigenvalue weighted by molar-refractivity contribution is 0.195. The predicted molar refractivity (Wildman–Crippen MR) is 108 cm³/mol. The summed E-state index contributed by atoms with van der Waals surface area (Å²) >= 11 is 0. The van der Waals surface area contributed by atoms with Crippen molar-refractivity contribution in [1.82, 2.24) is 19.9 Å². The van der Waals surface area contributed by atoms with Crippen molar-refractivity contribution in [3.63, 3.8) is 0 Å². The van der Waals surface area contributed by atoms with E-state index in [9.17, 15) is 5.26 Å². The molecule has 2 aliphatic rings. The topological polar surface area (TPSA) is 99.0 Å². The zero-order valence-electron chi connectivity index (χ0n) is 16.5. The summed E-state index contributed by atoms with van der Waals surface area (Å²) in [7, 11) is 4.30. The molecule has 28 heavy (non-hydrogen) atoms. The molecule has 148 valence electrons. The molecule has 0 bridgehead atoms. The molecule has 2 aromatic heterocycles. The van der Waals surface area contributed by atoms with E-state index in [0.717, 1.165) is 36.8 Å². The van der Waals surface area contributed by atoms with Crippen LogP contribution in [0.25, 0.3) is 10.9 Å².